The molecule has 0 aliphatic carbocycles. The number of fused-ring (bicyclic) bond motifs is 1. The summed E-state index contributed by atoms with van der Waals surface area (Å²) in [7, 11) is 2.15. The van der Waals surface area contributed by atoms with Gasteiger partial charge in [-0.1, -0.05) is 51.2 Å². The summed E-state index contributed by atoms with van der Waals surface area (Å²) in [6, 6.07) is 8.60. The van der Waals surface area contributed by atoms with Gasteiger partial charge in [0.1, 0.15) is 11.7 Å². The first-order chi connectivity index (χ1) is 8.93. The first-order valence-electron chi connectivity index (χ1n) is 6.66. The van der Waals surface area contributed by atoms with Gasteiger partial charge in [0.2, 0.25) is 5.52 Å². The largest absolute Gasteiger partial charge is 0.263 e. The van der Waals surface area contributed by atoms with Crippen molar-refractivity contribution in [2.24, 2.45) is 12.5 Å². The fourth-order valence-corrected chi connectivity index (χ4v) is 4.10. The van der Waals surface area contributed by atoms with E-state index < -0.39 is 0 Å². The van der Waals surface area contributed by atoms with Gasteiger partial charge in [-0.25, -0.2) is 0 Å². The average Bonchev–Trinajstić information content (AvgIpc) is 2.65. The Labute approximate surface area is 124 Å². The van der Waals surface area contributed by atoms with Crippen LogP contribution >= 0.6 is 23.1 Å². The van der Waals surface area contributed by atoms with E-state index in [-0.39, 0.29) is 5.41 Å². The highest BCUT2D eigenvalue weighted by Crippen LogP contribution is 2.36. The van der Waals surface area contributed by atoms with E-state index in [4.69, 9.17) is 0 Å². The molecule has 0 aliphatic rings. The van der Waals surface area contributed by atoms with E-state index >= 15 is 0 Å². The van der Waals surface area contributed by atoms with E-state index in [9.17, 15) is 0 Å². The third-order valence-corrected chi connectivity index (χ3v) is 5.56. The standard InChI is InChI=1S/C16H22NS2/c1-6-18-14(16(2,3)4)11-15-17(5)12-9-7-8-10-13(12)19-15/h7-11H,6H2,1-5H3/q+1. The number of para-hydroxylation sites is 1. The van der Waals surface area contributed by atoms with E-state index in [1.54, 1.807) is 0 Å². The van der Waals surface area contributed by atoms with Crippen LogP contribution in [-0.2, 0) is 7.05 Å². The molecule has 0 spiro atoms. The number of hydrogen-bond acceptors (Lipinski definition) is 2. The Morgan fingerprint density at radius 2 is 2.00 bits per heavy atom. The monoisotopic (exact) mass is 292 g/mol. The normalized spacial score (nSPS) is 13.2. The van der Waals surface area contributed by atoms with Gasteiger partial charge >= 0.3 is 0 Å². The highest BCUT2D eigenvalue weighted by molar-refractivity contribution is 8.03. The first-order valence-corrected chi connectivity index (χ1v) is 8.46. The Morgan fingerprint density at radius 1 is 1.32 bits per heavy atom. The minimum atomic E-state index is 0.212. The van der Waals surface area contributed by atoms with Crippen molar-refractivity contribution in [3.8, 4) is 0 Å². The van der Waals surface area contributed by atoms with Crippen LogP contribution in [0.15, 0.2) is 29.2 Å². The molecule has 1 aromatic carbocycles. The van der Waals surface area contributed by atoms with Crippen LogP contribution in [0.2, 0.25) is 0 Å². The van der Waals surface area contributed by atoms with Crippen LogP contribution in [0.5, 0.6) is 0 Å². The maximum absolute atomic E-state index is 2.36. The van der Waals surface area contributed by atoms with Crippen LogP contribution in [0, 0.1) is 5.41 Å². The summed E-state index contributed by atoms with van der Waals surface area (Å²) in [5.74, 6) is 1.12. The zero-order chi connectivity index (χ0) is 14.0. The number of thiazole rings is 1. The molecule has 0 amide bonds. The zero-order valence-corrected chi connectivity index (χ0v) is 14.0. The predicted octanol–water partition coefficient (Wildman–Crippen LogP) is 4.87. The second-order valence-electron chi connectivity index (χ2n) is 5.66. The van der Waals surface area contributed by atoms with Crippen molar-refractivity contribution >= 4 is 39.4 Å². The molecule has 2 rings (SSSR count). The Kier molecular flexibility index (Phi) is 4.36. The highest BCUT2D eigenvalue weighted by Gasteiger charge is 2.21. The van der Waals surface area contributed by atoms with Gasteiger partial charge in [-0.05, 0) is 22.1 Å². The summed E-state index contributed by atoms with van der Waals surface area (Å²) < 4.78 is 3.65. The summed E-state index contributed by atoms with van der Waals surface area (Å²) in [6.07, 6.45) is 2.36. The fourth-order valence-electron chi connectivity index (χ4n) is 1.99. The molecule has 0 bridgehead atoms. The minimum Gasteiger partial charge on any atom is -0.185 e. The Bertz CT molecular complexity index is 603. The zero-order valence-electron chi connectivity index (χ0n) is 12.4. The van der Waals surface area contributed by atoms with Crippen molar-refractivity contribution in [1.82, 2.24) is 0 Å². The smallest absolute Gasteiger partial charge is 0.185 e. The SMILES string of the molecule is CCSC(=Cc1sc2ccccc2[n+]1C)C(C)(C)C. The summed E-state index contributed by atoms with van der Waals surface area (Å²) in [6.45, 7) is 9.08. The lowest BCUT2D eigenvalue weighted by molar-refractivity contribution is -0.642. The van der Waals surface area contributed by atoms with Gasteiger partial charge in [-0.15, -0.1) is 11.8 Å². The molecule has 0 saturated carbocycles. The third kappa shape index (κ3) is 3.21. The lowest BCUT2D eigenvalue weighted by atomic mass is 9.96. The fraction of sp³-hybridized carbons (Fsp3) is 0.438. The summed E-state index contributed by atoms with van der Waals surface area (Å²) >= 11 is 3.82. The van der Waals surface area contributed by atoms with Crippen molar-refractivity contribution in [2.75, 3.05) is 5.75 Å². The van der Waals surface area contributed by atoms with Crippen LogP contribution < -0.4 is 4.57 Å². The topological polar surface area (TPSA) is 3.88 Å². The molecule has 102 valence electrons. The molecule has 19 heavy (non-hydrogen) atoms. The van der Waals surface area contributed by atoms with Gasteiger partial charge < -0.3 is 0 Å². The Morgan fingerprint density at radius 3 is 2.58 bits per heavy atom. The number of nitrogens with zero attached hydrogens (tertiary/aromatic N) is 1. The molecule has 0 fully saturated rings. The minimum absolute atomic E-state index is 0.212. The van der Waals surface area contributed by atoms with Crippen molar-refractivity contribution in [1.29, 1.82) is 0 Å². The molecule has 1 aromatic heterocycles. The van der Waals surface area contributed by atoms with Gasteiger partial charge in [0.05, 0.1) is 0 Å². The number of rotatable bonds is 3. The number of allylic oxidation sites excluding steroid dienone is 1. The molecule has 2 aromatic rings. The van der Waals surface area contributed by atoms with Gasteiger partial charge in [0, 0.05) is 12.1 Å². The molecular formula is C16H22NS2+. The van der Waals surface area contributed by atoms with E-state index in [0.29, 0.717) is 0 Å². The van der Waals surface area contributed by atoms with E-state index in [1.807, 2.05) is 23.1 Å². The molecule has 0 N–H and O–H groups in total. The van der Waals surface area contributed by atoms with Crippen LogP contribution in [-0.4, -0.2) is 5.75 Å². The average molecular weight is 292 g/mol. The van der Waals surface area contributed by atoms with E-state index in [1.165, 1.54) is 20.1 Å². The molecule has 1 nitrogen and oxygen atoms in total. The van der Waals surface area contributed by atoms with Crippen LogP contribution in [0.1, 0.15) is 32.7 Å². The van der Waals surface area contributed by atoms with Crippen molar-refractivity contribution in [3.05, 3.63) is 34.2 Å². The van der Waals surface area contributed by atoms with Crippen molar-refractivity contribution < 1.29 is 4.57 Å². The lowest BCUT2D eigenvalue weighted by Gasteiger charge is -2.21. The summed E-state index contributed by atoms with van der Waals surface area (Å²) in [4.78, 5) is 1.46. The van der Waals surface area contributed by atoms with Gasteiger partial charge in [-0.2, -0.15) is 4.57 Å². The second-order valence-corrected chi connectivity index (χ2v) is 8.03. The van der Waals surface area contributed by atoms with Crippen LogP contribution in [0.4, 0.5) is 0 Å². The number of hydrogen-bond donors (Lipinski definition) is 0. The van der Waals surface area contributed by atoms with Crippen molar-refractivity contribution in [3.63, 3.8) is 0 Å². The summed E-state index contributed by atoms with van der Waals surface area (Å²) in [5.41, 5.74) is 1.53. The third-order valence-electron chi connectivity index (χ3n) is 3.07. The van der Waals surface area contributed by atoms with E-state index in [0.717, 1.165) is 5.75 Å². The molecule has 0 radical (unpaired) electrons. The molecule has 3 heteroatoms. The number of aromatic nitrogens is 1. The first kappa shape index (κ1) is 14.6. The summed E-state index contributed by atoms with van der Waals surface area (Å²) in [5, 5.41) is 1.33. The Hall–Kier alpha value is -0.800. The Balaban J connectivity index is 2.51. The number of aryl methyl sites for hydroxylation is 1. The van der Waals surface area contributed by atoms with Gasteiger partial charge in [-0.3, -0.25) is 0 Å². The van der Waals surface area contributed by atoms with Crippen LogP contribution in [0.3, 0.4) is 0 Å². The predicted molar refractivity (Wildman–Crippen MR) is 88.6 cm³/mol. The molecule has 1 heterocycles. The molecule has 0 atom stereocenters. The van der Waals surface area contributed by atoms with Crippen LogP contribution in [0.25, 0.3) is 16.3 Å². The molecule has 0 aliphatic heterocycles. The second kappa shape index (κ2) is 5.68. The van der Waals surface area contributed by atoms with E-state index in [2.05, 4.69) is 69.7 Å². The maximum Gasteiger partial charge on any atom is 0.263 e. The lowest BCUT2D eigenvalue weighted by Crippen LogP contribution is -2.29. The molecule has 0 saturated heterocycles. The highest BCUT2D eigenvalue weighted by atomic mass is 32.2. The number of thioether (sulfide) groups is 1. The number of benzene rings is 1. The van der Waals surface area contributed by atoms with Crippen molar-refractivity contribution in [2.45, 2.75) is 27.7 Å². The van der Waals surface area contributed by atoms with Gasteiger partial charge in [0.25, 0.3) is 5.01 Å². The maximum atomic E-state index is 2.36. The van der Waals surface area contributed by atoms with Gasteiger partial charge in [0.15, 0.2) is 0 Å². The molecular weight excluding hydrogens is 270 g/mol. The quantitative estimate of drug-likeness (QED) is 0.730. The molecule has 0 unspecified atom stereocenters.